The van der Waals surface area contributed by atoms with Gasteiger partial charge in [0.25, 0.3) is 11.5 Å². The second-order valence-electron chi connectivity index (χ2n) is 7.18. The lowest BCUT2D eigenvalue weighted by Crippen LogP contribution is -2.33. The molecular weight excluding hydrogens is 342 g/mol. The van der Waals surface area contributed by atoms with Crippen LogP contribution in [-0.4, -0.2) is 33.4 Å². The van der Waals surface area contributed by atoms with E-state index in [0.717, 1.165) is 23.5 Å². The van der Waals surface area contributed by atoms with Gasteiger partial charge in [0, 0.05) is 23.8 Å². The summed E-state index contributed by atoms with van der Waals surface area (Å²) >= 11 is 0. The fourth-order valence-electron chi connectivity index (χ4n) is 3.75. The van der Waals surface area contributed by atoms with E-state index in [4.69, 9.17) is 4.98 Å². The molecule has 1 unspecified atom stereocenters. The molecule has 27 heavy (non-hydrogen) atoms. The van der Waals surface area contributed by atoms with Crippen molar-refractivity contribution in [3.8, 4) is 11.3 Å². The average molecular weight is 365 g/mol. The number of anilines is 1. The summed E-state index contributed by atoms with van der Waals surface area (Å²) in [7, 11) is 0. The Morgan fingerprint density at radius 3 is 2.63 bits per heavy atom. The number of hydrogen-bond donors (Lipinski definition) is 3. The van der Waals surface area contributed by atoms with Crippen LogP contribution in [0.4, 0.5) is 5.95 Å². The molecular formula is C20H23N5O2. The summed E-state index contributed by atoms with van der Waals surface area (Å²) in [6.45, 7) is 8.84. The van der Waals surface area contributed by atoms with Crippen molar-refractivity contribution < 1.29 is 4.79 Å². The zero-order valence-corrected chi connectivity index (χ0v) is 15.9. The largest absolute Gasteiger partial charge is 0.356 e. The average Bonchev–Trinajstić information content (AvgIpc) is 3.16. The molecule has 1 amide bonds. The number of nitrogens with one attached hydrogen (secondary N) is 3. The minimum Gasteiger partial charge on any atom is -0.356 e. The van der Waals surface area contributed by atoms with Crippen molar-refractivity contribution in [2.24, 2.45) is 0 Å². The molecule has 7 heteroatoms. The van der Waals surface area contributed by atoms with Gasteiger partial charge >= 0.3 is 0 Å². The third kappa shape index (κ3) is 2.70. The molecule has 1 atom stereocenters. The lowest BCUT2D eigenvalue weighted by Gasteiger charge is -2.25. The number of H-pyrrole nitrogens is 2. The molecule has 1 aliphatic heterocycles. The molecule has 2 aromatic heterocycles. The molecule has 1 aliphatic rings. The Morgan fingerprint density at radius 1 is 1.19 bits per heavy atom. The van der Waals surface area contributed by atoms with Gasteiger partial charge in [0.1, 0.15) is 0 Å². The molecule has 7 nitrogen and oxygen atoms in total. The third-order valence-electron chi connectivity index (χ3n) is 5.12. The maximum Gasteiger partial charge on any atom is 0.260 e. The van der Waals surface area contributed by atoms with Crippen molar-refractivity contribution in [3.63, 3.8) is 0 Å². The SMILES string of the molecule is CCN(c1nc2c(-c3cc4c([nH]3)C(C)NC4=O)cccc2c(=O)[nH]1)C(C)C. The molecule has 140 valence electrons. The van der Waals surface area contributed by atoms with Crippen molar-refractivity contribution in [3.05, 3.63) is 45.9 Å². The van der Waals surface area contributed by atoms with Crippen LogP contribution < -0.4 is 15.8 Å². The molecule has 0 spiro atoms. The Morgan fingerprint density at radius 2 is 1.96 bits per heavy atom. The Bertz CT molecular complexity index is 1100. The number of aromatic nitrogens is 3. The number of amides is 1. The van der Waals surface area contributed by atoms with Gasteiger partial charge in [-0.15, -0.1) is 0 Å². The Kier molecular flexibility index (Phi) is 4.02. The number of fused-ring (bicyclic) bond motifs is 2. The lowest BCUT2D eigenvalue weighted by molar-refractivity contribution is 0.0958. The predicted molar refractivity (Wildman–Crippen MR) is 106 cm³/mol. The van der Waals surface area contributed by atoms with E-state index in [9.17, 15) is 9.59 Å². The van der Waals surface area contributed by atoms with E-state index in [1.54, 1.807) is 6.07 Å². The maximum absolute atomic E-state index is 12.7. The van der Waals surface area contributed by atoms with Gasteiger partial charge < -0.3 is 15.2 Å². The summed E-state index contributed by atoms with van der Waals surface area (Å²) in [5.41, 5.74) is 3.59. The van der Waals surface area contributed by atoms with Gasteiger partial charge in [-0.2, -0.15) is 0 Å². The van der Waals surface area contributed by atoms with E-state index in [0.29, 0.717) is 22.4 Å². The highest BCUT2D eigenvalue weighted by molar-refractivity contribution is 6.01. The number of benzene rings is 1. The van der Waals surface area contributed by atoms with Crippen LogP contribution in [0.2, 0.25) is 0 Å². The van der Waals surface area contributed by atoms with Crippen LogP contribution in [0.5, 0.6) is 0 Å². The van der Waals surface area contributed by atoms with Gasteiger partial charge in [-0.25, -0.2) is 4.98 Å². The van der Waals surface area contributed by atoms with Crippen LogP contribution in [0.3, 0.4) is 0 Å². The van der Waals surface area contributed by atoms with Crippen LogP contribution in [0.25, 0.3) is 22.2 Å². The predicted octanol–water partition coefficient (Wildman–Crippen LogP) is 2.96. The number of para-hydroxylation sites is 1. The highest BCUT2D eigenvalue weighted by Gasteiger charge is 2.28. The summed E-state index contributed by atoms with van der Waals surface area (Å²) in [5, 5.41) is 3.41. The van der Waals surface area contributed by atoms with Crippen molar-refractivity contribution in [2.75, 3.05) is 11.4 Å². The smallest absolute Gasteiger partial charge is 0.260 e. The topological polar surface area (TPSA) is 93.9 Å². The first-order chi connectivity index (χ1) is 12.9. The molecule has 3 heterocycles. The second-order valence-corrected chi connectivity index (χ2v) is 7.18. The molecule has 0 radical (unpaired) electrons. The summed E-state index contributed by atoms with van der Waals surface area (Å²) in [6, 6.07) is 7.52. The van der Waals surface area contributed by atoms with Gasteiger partial charge in [0.2, 0.25) is 5.95 Å². The highest BCUT2D eigenvalue weighted by atomic mass is 16.2. The molecule has 0 bridgehead atoms. The minimum atomic E-state index is -0.166. The van der Waals surface area contributed by atoms with E-state index >= 15 is 0 Å². The second kappa shape index (κ2) is 6.26. The number of carbonyl (C=O) groups excluding carboxylic acids is 1. The summed E-state index contributed by atoms with van der Waals surface area (Å²) < 4.78 is 0. The number of aromatic amines is 2. The zero-order valence-electron chi connectivity index (χ0n) is 15.9. The Balaban J connectivity index is 1.93. The first kappa shape index (κ1) is 17.3. The standard InChI is InChI=1S/C20H23N5O2/c1-5-25(10(2)3)20-23-17-12(7-6-8-13(17)18(26)24-20)15-9-14-16(22-15)11(4)21-19(14)27/h6-11,22H,5H2,1-4H3,(H,21,27)(H,23,24,26). The van der Waals surface area contributed by atoms with Crippen molar-refractivity contribution in [1.82, 2.24) is 20.3 Å². The number of rotatable bonds is 4. The van der Waals surface area contributed by atoms with E-state index in [-0.39, 0.29) is 23.6 Å². The zero-order chi connectivity index (χ0) is 19.3. The van der Waals surface area contributed by atoms with E-state index in [1.165, 1.54) is 0 Å². The van der Waals surface area contributed by atoms with Crippen LogP contribution in [0.15, 0.2) is 29.1 Å². The molecule has 3 N–H and O–H groups in total. The maximum atomic E-state index is 12.7. The summed E-state index contributed by atoms with van der Waals surface area (Å²) in [4.78, 5) is 37.8. The molecule has 0 saturated heterocycles. The van der Waals surface area contributed by atoms with Gasteiger partial charge in [0.05, 0.1) is 28.2 Å². The van der Waals surface area contributed by atoms with Gasteiger partial charge in [0.15, 0.2) is 0 Å². The van der Waals surface area contributed by atoms with Crippen molar-refractivity contribution >= 4 is 22.8 Å². The van der Waals surface area contributed by atoms with Crippen molar-refractivity contribution in [2.45, 2.75) is 39.8 Å². The monoisotopic (exact) mass is 365 g/mol. The van der Waals surface area contributed by atoms with E-state index < -0.39 is 0 Å². The van der Waals surface area contributed by atoms with Crippen LogP contribution >= 0.6 is 0 Å². The van der Waals surface area contributed by atoms with Crippen LogP contribution in [-0.2, 0) is 0 Å². The first-order valence-electron chi connectivity index (χ1n) is 9.24. The van der Waals surface area contributed by atoms with Gasteiger partial charge in [-0.3, -0.25) is 14.6 Å². The number of hydrogen-bond acceptors (Lipinski definition) is 4. The summed E-state index contributed by atoms with van der Waals surface area (Å²) in [6.07, 6.45) is 0. The molecule has 0 aliphatic carbocycles. The van der Waals surface area contributed by atoms with Crippen LogP contribution in [0, 0.1) is 0 Å². The fourth-order valence-corrected chi connectivity index (χ4v) is 3.75. The Hall–Kier alpha value is -3.09. The number of carbonyl (C=O) groups is 1. The first-order valence-corrected chi connectivity index (χ1v) is 9.24. The summed E-state index contributed by atoms with van der Waals surface area (Å²) in [5.74, 6) is 0.478. The molecule has 4 rings (SSSR count). The number of nitrogens with zero attached hydrogens (tertiary/aromatic N) is 2. The molecule has 3 aromatic rings. The van der Waals surface area contributed by atoms with Crippen LogP contribution in [0.1, 0.15) is 49.8 Å². The van der Waals surface area contributed by atoms with E-state index in [2.05, 4.69) is 29.1 Å². The van der Waals surface area contributed by atoms with E-state index in [1.807, 2.05) is 36.9 Å². The van der Waals surface area contributed by atoms with Crippen molar-refractivity contribution in [1.29, 1.82) is 0 Å². The molecule has 0 saturated carbocycles. The molecule has 1 aromatic carbocycles. The highest BCUT2D eigenvalue weighted by Crippen LogP contribution is 2.32. The Labute approximate surface area is 156 Å². The third-order valence-corrected chi connectivity index (χ3v) is 5.12. The quantitative estimate of drug-likeness (QED) is 0.663. The molecule has 0 fully saturated rings. The fraction of sp³-hybridized carbons (Fsp3) is 0.350. The normalized spacial score (nSPS) is 16.0. The lowest BCUT2D eigenvalue weighted by atomic mass is 10.1. The van der Waals surface area contributed by atoms with Gasteiger partial charge in [-0.1, -0.05) is 12.1 Å². The minimum absolute atomic E-state index is 0.0559. The van der Waals surface area contributed by atoms with Gasteiger partial charge in [-0.05, 0) is 39.8 Å².